The molecule has 0 N–H and O–H groups in total. The van der Waals surface area contributed by atoms with Crippen molar-refractivity contribution >= 4 is 6.16 Å². The van der Waals surface area contributed by atoms with Crippen molar-refractivity contribution < 1.29 is 14.6 Å². The van der Waals surface area contributed by atoms with Crippen molar-refractivity contribution in [3.8, 4) is 0 Å². The van der Waals surface area contributed by atoms with Crippen molar-refractivity contribution in [2.75, 3.05) is 6.61 Å². The first kappa shape index (κ1) is 9.01. The first-order valence-electron chi connectivity index (χ1n) is 3.26. The largest absolute Gasteiger partial charge is 0.550 e. The maximum absolute atomic E-state index is 9.66. The van der Waals surface area contributed by atoms with Gasteiger partial charge in [0.1, 0.15) is 6.61 Å². The summed E-state index contributed by atoms with van der Waals surface area (Å²) < 4.78 is 4.11. The minimum atomic E-state index is -1.47. The van der Waals surface area contributed by atoms with Crippen LogP contribution >= 0.6 is 0 Å². The van der Waals surface area contributed by atoms with E-state index in [9.17, 15) is 9.90 Å². The molecule has 0 aliphatic carbocycles. The Hall–Kier alpha value is -0.990. The summed E-state index contributed by atoms with van der Waals surface area (Å²) in [4.78, 5) is 9.66. The van der Waals surface area contributed by atoms with Crippen LogP contribution in [-0.2, 0) is 9.84 Å². The van der Waals surface area contributed by atoms with E-state index in [0.717, 1.165) is 12.8 Å². The molecule has 1 radical (unpaired) electrons. The van der Waals surface area contributed by atoms with Crippen LogP contribution in [0.5, 0.6) is 0 Å². The van der Waals surface area contributed by atoms with Gasteiger partial charge in [0.05, 0.1) is 0 Å². The Labute approximate surface area is 60.3 Å². The predicted octanol–water partition coefficient (Wildman–Crippen LogP) is 1.91. The zero-order valence-corrected chi connectivity index (χ0v) is 6.00. The molecule has 10 heavy (non-hydrogen) atoms. The van der Waals surface area contributed by atoms with Crippen LogP contribution < -0.4 is 0 Å². The second-order valence-electron chi connectivity index (χ2n) is 1.82. The molecule has 0 rings (SSSR count). The molecule has 0 saturated heterocycles. The van der Waals surface area contributed by atoms with Crippen molar-refractivity contribution in [2.24, 2.45) is 0 Å². The van der Waals surface area contributed by atoms with Gasteiger partial charge in [-0.05, 0) is 6.42 Å². The Morgan fingerprint density at radius 3 is 2.70 bits per heavy atom. The van der Waals surface area contributed by atoms with Crippen LogP contribution in [0.2, 0.25) is 0 Å². The molecule has 0 atom stereocenters. The summed E-state index contributed by atoms with van der Waals surface area (Å²) in [5, 5.41) is 9.66. The van der Waals surface area contributed by atoms with E-state index in [1.54, 1.807) is 6.08 Å². The lowest BCUT2D eigenvalue weighted by Gasteiger charge is -1.89. The molecule has 0 aromatic heterocycles. The van der Waals surface area contributed by atoms with Crippen LogP contribution in [-0.4, -0.2) is 12.8 Å². The maximum atomic E-state index is 9.66. The summed E-state index contributed by atoms with van der Waals surface area (Å²) in [7, 11) is 0. The smallest absolute Gasteiger partial charge is 0.428 e. The average molecular weight is 143 g/mol. The molecular weight excluding hydrogens is 132 g/mol. The second-order valence-corrected chi connectivity index (χ2v) is 1.82. The number of hydrogen-bond donors (Lipinski definition) is 0. The number of allylic oxidation sites excluding steroid dienone is 1. The number of unbranched alkanes of at least 4 members (excludes halogenated alkanes) is 1. The fourth-order valence-electron chi connectivity index (χ4n) is 0.469. The van der Waals surface area contributed by atoms with Crippen molar-refractivity contribution in [3.63, 3.8) is 0 Å². The van der Waals surface area contributed by atoms with E-state index >= 15 is 0 Å². The molecule has 0 heterocycles. The Bertz CT molecular complexity index is 118. The van der Waals surface area contributed by atoms with Crippen molar-refractivity contribution in [1.29, 1.82) is 0 Å². The van der Waals surface area contributed by atoms with E-state index in [4.69, 9.17) is 0 Å². The molecule has 0 aromatic carbocycles. The molecule has 57 valence electrons. The van der Waals surface area contributed by atoms with Gasteiger partial charge in [-0.1, -0.05) is 25.5 Å². The van der Waals surface area contributed by atoms with Crippen LogP contribution in [0.1, 0.15) is 19.8 Å². The third kappa shape index (κ3) is 7.01. The van der Waals surface area contributed by atoms with E-state index in [2.05, 4.69) is 4.74 Å². The van der Waals surface area contributed by atoms with Gasteiger partial charge < -0.3 is 4.74 Å². The Morgan fingerprint density at radius 1 is 1.50 bits per heavy atom. The summed E-state index contributed by atoms with van der Waals surface area (Å²) in [6.07, 6.45) is 4.08. The molecular formula is C7H11O3. The molecule has 0 amide bonds. The summed E-state index contributed by atoms with van der Waals surface area (Å²) >= 11 is 0. The van der Waals surface area contributed by atoms with Crippen molar-refractivity contribution in [2.45, 2.75) is 19.8 Å². The van der Waals surface area contributed by atoms with Crippen molar-refractivity contribution in [1.82, 2.24) is 0 Å². The number of carbonyl (C=O) groups is 1. The number of ether oxygens (including phenoxy) is 1. The van der Waals surface area contributed by atoms with E-state index < -0.39 is 6.16 Å². The Kier molecular flexibility index (Phi) is 5.53. The summed E-state index contributed by atoms with van der Waals surface area (Å²) in [6, 6.07) is 0. The van der Waals surface area contributed by atoms with Gasteiger partial charge in [-0.3, -0.25) is 0 Å². The highest BCUT2D eigenvalue weighted by Crippen LogP contribution is 1.88. The van der Waals surface area contributed by atoms with Gasteiger partial charge in [0.25, 0.3) is 0 Å². The summed E-state index contributed by atoms with van der Waals surface area (Å²) in [5.74, 6) is 0. The predicted molar refractivity (Wildman–Crippen MR) is 36.1 cm³/mol. The Balaban J connectivity index is 3.10. The summed E-state index contributed by atoms with van der Waals surface area (Å²) in [5.41, 5.74) is 0. The third-order valence-electron chi connectivity index (χ3n) is 0.919. The van der Waals surface area contributed by atoms with E-state index in [1.807, 2.05) is 13.0 Å². The molecule has 3 heteroatoms. The fourth-order valence-corrected chi connectivity index (χ4v) is 0.469. The zero-order valence-electron chi connectivity index (χ0n) is 6.00. The number of hydrogen-bond acceptors (Lipinski definition) is 2. The van der Waals surface area contributed by atoms with Gasteiger partial charge in [-0.15, -0.1) is 0 Å². The van der Waals surface area contributed by atoms with E-state index in [-0.39, 0.29) is 6.61 Å². The molecule has 0 spiro atoms. The van der Waals surface area contributed by atoms with Crippen LogP contribution in [0.15, 0.2) is 12.2 Å². The quantitative estimate of drug-likeness (QED) is 0.445. The maximum Gasteiger partial charge on any atom is 0.550 e. The molecule has 0 aliphatic rings. The monoisotopic (exact) mass is 143 g/mol. The molecule has 0 unspecified atom stereocenters. The van der Waals surface area contributed by atoms with Crippen molar-refractivity contribution in [3.05, 3.63) is 12.2 Å². The SMILES string of the molecule is CCCC=CCOC([O])=O. The normalized spacial score (nSPS) is 10.1. The van der Waals surface area contributed by atoms with Gasteiger partial charge in [0, 0.05) is 0 Å². The summed E-state index contributed by atoms with van der Waals surface area (Å²) in [6.45, 7) is 2.15. The van der Waals surface area contributed by atoms with Crippen LogP contribution in [0, 0.1) is 0 Å². The van der Waals surface area contributed by atoms with Crippen LogP contribution in [0.25, 0.3) is 0 Å². The highest BCUT2D eigenvalue weighted by molar-refractivity contribution is 5.56. The number of carbonyl (C=O) groups excluding carboxylic acids is 1. The zero-order chi connectivity index (χ0) is 7.82. The highest BCUT2D eigenvalue weighted by atomic mass is 16.7. The highest BCUT2D eigenvalue weighted by Gasteiger charge is 1.93. The lowest BCUT2D eigenvalue weighted by molar-refractivity contribution is 0.0769. The van der Waals surface area contributed by atoms with Gasteiger partial charge in [0.2, 0.25) is 0 Å². The molecule has 0 aromatic rings. The van der Waals surface area contributed by atoms with Crippen LogP contribution in [0.3, 0.4) is 0 Å². The van der Waals surface area contributed by atoms with Gasteiger partial charge >= 0.3 is 6.16 Å². The molecule has 3 nitrogen and oxygen atoms in total. The van der Waals surface area contributed by atoms with Crippen LogP contribution in [0.4, 0.5) is 4.79 Å². The molecule has 0 aliphatic heterocycles. The molecule has 0 saturated carbocycles. The van der Waals surface area contributed by atoms with E-state index in [1.165, 1.54) is 0 Å². The average Bonchev–Trinajstić information content (AvgIpc) is 1.87. The first-order valence-corrected chi connectivity index (χ1v) is 3.26. The lowest BCUT2D eigenvalue weighted by Crippen LogP contribution is -1.96. The number of rotatable bonds is 4. The molecule has 0 fully saturated rings. The van der Waals surface area contributed by atoms with Gasteiger partial charge in [-0.2, -0.15) is 9.90 Å². The Morgan fingerprint density at radius 2 is 2.20 bits per heavy atom. The van der Waals surface area contributed by atoms with E-state index in [0.29, 0.717) is 0 Å². The minimum Gasteiger partial charge on any atom is -0.428 e. The van der Waals surface area contributed by atoms with Gasteiger partial charge in [0.15, 0.2) is 0 Å². The fraction of sp³-hybridized carbons (Fsp3) is 0.571. The lowest BCUT2D eigenvalue weighted by atomic mass is 10.3. The molecule has 0 bridgehead atoms. The second kappa shape index (κ2) is 6.13. The minimum absolute atomic E-state index is 0.0995. The van der Waals surface area contributed by atoms with Gasteiger partial charge in [-0.25, -0.2) is 0 Å². The third-order valence-corrected chi connectivity index (χ3v) is 0.919. The topological polar surface area (TPSA) is 46.2 Å². The first-order chi connectivity index (χ1) is 4.77. The standard InChI is InChI=1S/C7H11O3/c1-2-3-4-5-6-10-7(8)9/h4-5H,2-3,6H2,1H3.